The van der Waals surface area contributed by atoms with Crippen molar-refractivity contribution in [3.63, 3.8) is 0 Å². The number of halogens is 5. The van der Waals surface area contributed by atoms with E-state index in [2.05, 4.69) is 30.3 Å². The van der Waals surface area contributed by atoms with E-state index in [4.69, 9.17) is 0 Å². The Morgan fingerprint density at radius 2 is 2.00 bits per heavy atom. The van der Waals surface area contributed by atoms with E-state index >= 15 is 0 Å². The first-order valence-corrected chi connectivity index (χ1v) is 10.4. The zero-order valence-electron chi connectivity index (χ0n) is 17.1. The summed E-state index contributed by atoms with van der Waals surface area (Å²) >= 11 is 0. The van der Waals surface area contributed by atoms with Crippen molar-refractivity contribution in [2.24, 2.45) is 0 Å². The second-order valence-electron chi connectivity index (χ2n) is 8.12. The lowest BCUT2D eigenvalue weighted by Crippen LogP contribution is -2.55. The first-order valence-electron chi connectivity index (χ1n) is 10.4. The molecule has 33 heavy (non-hydrogen) atoms. The van der Waals surface area contributed by atoms with E-state index in [1.54, 1.807) is 0 Å². The van der Waals surface area contributed by atoms with Crippen molar-refractivity contribution in [1.29, 1.82) is 0 Å². The maximum Gasteiger partial charge on any atom is 0.416 e. The van der Waals surface area contributed by atoms with Crippen LogP contribution in [0.1, 0.15) is 36.5 Å². The summed E-state index contributed by atoms with van der Waals surface area (Å²) < 4.78 is 73.4. The Morgan fingerprint density at radius 1 is 1.18 bits per heavy atom. The average molecular weight is 470 g/mol. The standard InChI is InChI=1S/C20H19F5N6O2/c21-17(22)16-14-15(27-8-28-18(14)30-19(32)33-16)11-6-9(20(23,24)25)7-13(29-11)31-5-4-26-10-2-1-3-12(10)31/h6-8,10,12,16-17,26H,1-5H2,(H,27,28,30,32)/t10-,12+,16-/m1/s1. The number of piperazine rings is 1. The van der Waals surface area contributed by atoms with E-state index in [0.29, 0.717) is 13.1 Å². The Kier molecular flexibility index (Phi) is 5.30. The predicted molar refractivity (Wildman–Crippen MR) is 106 cm³/mol. The molecule has 4 heterocycles. The van der Waals surface area contributed by atoms with Gasteiger partial charge in [-0.3, -0.25) is 5.32 Å². The van der Waals surface area contributed by atoms with Crippen molar-refractivity contribution in [2.75, 3.05) is 23.3 Å². The molecular formula is C20H19F5N6O2. The van der Waals surface area contributed by atoms with Crippen LogP contribution in [0.3, 0.4) is 0 Å². The highest BCUT2D eigenvalue weighted by molar-refractivity contribution is 5.88. The number of hydrogen-bond acceptors (Lipinski definition) is 7. The molecule has 2 fully saturated rings. The summed E-state index contributed by atoms with van der Waals surface area (Å²) in [6.45, 7) is 1.04. The minimum absolute atomic E-state index is 0.0154. The maximum absolute atomic E-state index is 13.8. The zero-order chi connectivity index (χ0) is 23.3. The Hall–Kier alpha value is -3.09. The van der Waals surface area contributed by atoms with E-state index in [1.165, 1.54) is 0 Å². The summed E-state index contributed by atoms with van der Waals surface area (Å²) in [5.74, 6) is -0.153. The van der Waals surface area contributed by atoms with Crippen LogP contribution in [0.5, 0.6) is 0 Å². The van der Waals surface area contributed by atoms with Crippen LogP contribution in [0.25, 0.3) is 11.4 Å². The van der Waals surface area contributed by atoms with Crippen LogP contribution in [0.4, 0.5) is 38.4 Å². The number of nitrogens with zero attached hydrogens (tertiary/aromatic N) is 4. The number of pyridine rings is 1. The molecule has 1 saturated heterocycles. The molecule has 1 aliphatic carbocycles. The number of rotatable bonds is 3. The second kappa shape index (κ2) is 8.04. The zero-order valence-corrected chi connectivity index (χ0v) is 17.1. The minimum Gasteiger partial charge on any atom is -0.435 e. The summed E-state index contributed by atoms with van der Waals surface area (Å²) in [7, 11) is 0. The van der Waals surface area contributed by atoms with E-state index in [1.807, 2.05) is 4.90 Å². The van der Waals surface area contributed by atoms with Crippen LogP contribution in [0.15, 0.2) is 18.5 Å². The summed E-state index contributed by atoms with van der Waals surface area (Å²) in [5, 5.41) is 5.58. The van der Waals surface area contributed by atoms with Gasteiger partial charge in [0, 0.05) is 25.2 Å². The number of alkyl halides is 5. The highest BCUT2D eigenvalue weighted by Gasteiger charge is 2.40. The number of amides is 1. The SMILES string of the molecule is O=C1Nc2ncnc(-c3cc(C(F)(F)F)cc(N4CCN[C@@H]5CCC[C@@H]54)n3)c2[C@H](C(F)F)O1. The van der Waals surface area contributed by atoms with E-state index < -0.39 is 30.4 Å². The molecule has 0 radical (unpaired) electrons. The number of anilines is 2. The summed E-state index contributed by atoms with van der Waals surface area (Å²) in [6.07, 6.45) is -7.38. The predicted octanol–water partition coefficient (Wildman–Crippen LogP) is 3.76. The second-order valence-corrected chi connectivity index (χ2v) is 8.12. The van der Waals surface area contributed by atoms with Gasteiger partial charge in [-0.05, 0) is 31.4 Å². The van der Waals surface area contributed by atoms with Crippen LogP contribution in [-0.4, -0.2) is 52.6 Å². The smallest absolute Gasteiger partial charge is 0.416 e. The van der Waals surface area contributed by atoms with Crippen molar-refractivity contribution < 1.29 is 31.5 Å². The first kappa shape index (κ1) is 21.7. The summed E-state index contributed by atoms with van der Waals surface area (Å²) in [6, 6.07) is 1.87. The number of fused-ring (bicyclic) bond motifs is 2. The lowest BCUT2D eigenvalue weighted by molar-refractivity contribution is -0.137. The van der Waals surface area contributed by atoms with Gasteiger partial charge in [0.25, 0.3) is 6.43 Å². The van der Waals surface area contributed by atoms with Gasteiger partial charge in [-0.25, -0.2) is 28.5 Å². The summed E-state index contributed by atoms with van der Waals surface area (Å²) in [5.41, 5.74) is -1.80. The molecule has 8 nitrogen and oxygen atoms in total. The van der Waals surface area contributed by atoms with Gasteiger partial charge in [0.2, 0.25) is 0 Å². The molecule has 0 spiro atoms. The quantitative estimate of drug-likeness (QED) is 0.660. The molecule has 176 valence electrons. The van der Waals surface area contributed by atoms with Crippen molar-refractivity contribution >= 4 is 17.7 Å². The molecule has 2 N–H and O–H groups in total. The number of carbonyl (C=O) groups excluding carboxylic acids is 1. The van der Waals surface area contributed by atoms with Crippen molar-refractivity contribution in [2.45, 2.75) is 50.1 Å². The third-order valence-corrected chi connectivity index (χ3v) is 6.17. The van der Waals surface area contributed by atoms with Crippen molar-refractivity contribution in [1.82, 2.24) is 20.3 Å². The molecule has 0 unspecified atom stereocenters. The van der Waals surface area contributed by atoms with Gasteiger partial charge in [0.15, 0.2) is 6.10 Å². The van der Waals surface area contributed by atoms with Gasteiger partial charge in [0.1, 0.15) is 23.7 Å². The van der Waals surface area contributed by atoms with Crippen LogP contribution in [-0.2, 0) is 10.9 Å². The number of nitrogens with one attached hydrogen (secondary N) is 2. The van der Waals surface area contributed by atoms with Gasteiger partial charge >= 0.3 is 12.3 Å². The Balaban J connectivity index is 1.66. The number of hydrogen-bond donors (Lipinski definition) is 2. The molecule has 0 aromatic carbocycles. The lowest BCUT2D eigenvalue weighted by Gasteiger charge is -2.39. The number of cyclic esters (lactones) is 1. The molecule has 2 aromatic heterocycles. The molecule has 2 aromatic rings. The number of carbonyl (C=O) groups is 1. The molecule has 1 amide bonds. The monoisotopic (exact) mass is 470 g/mol. The molecular weight excluding hydrogens is 451 g/mol. The minimum atomic E-state index is -4.70. The average Bonchev–Trinajstić information content (AvgIpc) is 3.26. The van der Waals surface area contributed by atoms with E-state index in [0.717, 1.165) is 37.7 Å². The highest BCUT2D eigenvalue weighted by atomic mass is 19.4. The fourth-order valence-corrected chi connectivity index (χ4v) is 4.77. The largest absolute Gasteiger partial charge is 0.435 e. The van der Waals surface area contributed by atoms with E-state index in [-0.39, 0.29) is 40.7 Å². The molecule has 1 saturated carbocycles. The fraction of sp³-hybridized carbons (Fsp3) is 0.500. The Bertz CT molecular complexity index is 1080. The van der Waals surface area contributed by atoms with Gasteiger partial charge in [-0.1, -0.05) is 0 Å². The highest BCUT2D eigenvalue weighted by Crippen LogP contribution is 2.41. The van der Waals surface area contributed by atoms with Gasteiger partial charge in [-0.15, -0.1) is 0 Å². The molecule has 13 heteroatoms. The summed E-state index contributed by atoms with van der Waals surface area (Å²) in [4.78, 5) is 25.6. The number of aromatic nitrogens is 3. The lowest BCUT2D eigenvalue weighted by atomic mass is 10.0. The first-order chi connectivity index (χ1) is 15.7. The molecule has 3 aliphatic rings. The fourth-order valence-electron chi connectivity index (χ4n) is 4.77. The maximum atomic E-state index is 13.8. The molecule has 0 bridgehead atoms. The molecule has 2 aliphatic heterocycles. The normalized spacial score (nSPS) is 24.8. The Labute approximate surface area is 184 Å². The third-order valence-electron chi connectivity index (χ3n) is 6.17. The van der Waals surface area contributed by atoms with Crippen LogP contribution in [0, 0.1) is 0 Å². The van der Waals surface area contributed by atoms with Crippen LogP contribution in [0.2, 0.25) is 0 Å². The van der Waals surface area contributed by atoms with Gasteiger partial charge in [0.05, 0.1) is 16.8 Å². The van der Waals surface area contributed by atoms with Crippen molar-refractivity contribution in [3.8, 4) is 11.4 Å². The third kappa shape index (κ3) is 3.94. The van der Waals surface area contributed by atoms with Crippen LogP contribution < -0.4 is 15.5 Å². The van der Waals surface area contributed by atoms with Gasteiger partial charge in [-0.2, -0.15) is 13.2 Å². The topological polar surface area (TPSA) is 92.3 Å². The van der Waals surface area contributed by atoms with Gasteiger partial charge < -0.3 is 15.0 Å². The van der Waals surface area contributed by atoms with E-state index in [9.17, 15) is 26.7 Å². The van der Waals surface area contributed by atoms with Crippen molar-refractivity contribution in [3.05, 3.63) is 29.6 Å². The number of ether oxygens (including phenoxy) is 1. The Morgan fingerprint density at radius 3 is 2.76 bits per heavy atom. The molecule has 3 atom stereocenters. The molecule has 5 rings (SSSR count). The van der Waals surface area contributed by atoms with Crippen LogP contribution >= 0.6 is 0 Å².